The summed E-state index contributed by atoms with van der Waals surface area (Å²) in [7, 11) is 0. The van der Waals surface area contributed by atoms with Gasteiger partial charge in [-0.05, 0) is 41.8 Å². The predicted molar refractivity (Wildman–Crippen MR) is 121 cm³/mol. The molecule has 0 radical (unpaired) electrons. The van der Waals surface area contributed by atoms with E-state index in [4.69, 9.17) is 0 Å². The zero-order valence-corrected chi connectivity index (χ0v) is 17.4. The van der Waals surface area contributed by atoms with Crippen LogP contribution in [0.5, 0.6) is 0 Å². The van der Waals surface area contributed by atoms with Gasteiger partial charge in [-0.25, -0.2) is 4.98 Å². The van der Waals surface area contributed by atoms with Crippen LogP contribution in [-0.2, 0) is 4.79 Å². The number of nitrogens with zero attached hydrogens (tertiary/aromatic N) is 1. The molecule has 2 heterocycles. The first-order valence-corrected chi connectivity index (χ1v) is 10.7. The van der Waals surface area contributed by atoms with E-state index in [1.165, 1.54) is 29.6 Å². The van der Waals surface area contributed by atoms with Gasteiger partial charge in [-0.3, -0.25) is 19.7 Å². The van der Waals surface area contributed by atoms with Crippen LogP contribution in [0.2, 0.25) is 0 Å². The lowest BCUT2D eigenvalue weighted by atomic mass is 10.1. The van der Waals surface area contributed by atoms with Crippen molar-refractivity contribution in [1.82, 2.24) is 4.98 Å². The van der Waals surface area contributed by atoms with Gasteiger partial charge in [0.25, 0.3) is 11.8 Å². The molecule has 4 aromatic rings. The first-order chi connectivity index (χ1) is 14.5. The highest BCUT2D eigenvalue weighted by Crippen LogP contribution is 2.29. The quantitative estimate of drug-likeness (QED) is 0.417. The van der Waals surface area contributed by atoms with E-state index in [1.54, 1.807) is 53.9 Å². The van der Waals surface area contributed by atoms with Crippen LogP contribution in [-0.4, -0.2) is 22.7 Å². The molecule has 0 bridgehead atoms. The molecule has 2 aromatic heterocycles. The molecule has 3 amide bonds. The van der Waals surface area contributed by atoms with Crippen molar-refractivity contribution in [1.29, 1.82) is 0 Å². The number of para-hydroxylation sites is 1. The summed E-state index contributed by atoms with van der Waals surface area (Å²) in [6, 6.07) is 13.9. The summed E-state index contributed by atoms with van der Waals surface area (Å²) in [6.07, 6.45) is 0. The maximum absolute atomic E-state index is 12.8. The average molecular weight is 437 g/mol. The first-order valence-electron chi connectivity index (χ1n) is 8.92. The van der Waals surface area contributed by atoms with E-state index in [1.807, 2.05) is 5.38 Å². The number of hydrogen-bond donors (Lipinski definition) is 3. The van der Waals surface area contributed by atoms with E-state index in [2.05, 4.69) is 20.9 Å². The molecule has 3 N–H and O–H groups in total. The minimum atomic E-state index is -0.377. The number of hydrogen-bond acceptors (Lipinski definition) is 6. The van der Waals surface area contributed by atoms with Crippen molar-refractivity contribution >= 4 is 67.1 Å². The van der Waals surface area contributed by atoms with Gasteiger partial charge in [0.15, 0.2) is 5.13 Å². The number of fused-ring (bicyclic) bond motifs is 1. The topological polar surface area (TPSA) is 100 Å². The van der Waals surface area contributed by atoms with Crippen molar-refractivity contribution in [2.24, 2.45) is 0 Å². The van der Waals surface area contributed by atoms with Gasteiger partial charge < -0.3 is 10.6 Å². The summed E-state index contributed by atoms with van der Waals surface area (Å²) in [4.78, 5) is 40.8. The molecule has 4 rings (SSSR count). The van der Waals surface area contributed by atoms with Gasteiger partial charge in [0, 0.05) is 18.0 Å². The van der Waals surface area contributed by atoms with Crippen molar-refractivity contribution < 1.29 is 14.4 Å². The highest BCUT2D eigenvalue weighted by molar-refractivity contribution is 7.22. The number of carbonyl (C=O) groups is 3. The second-order valence-electron chi connectivity index (χ2n) is 6.35. The van der Waals surface area contributed by atoms with E-state index < -0.39 is 0 Å². The molecule has 2 aromatic carbocycles. The smallest absolute Gasteiger partial charge is 0.259 e. The fourth-order valence-corrected chi connectivity index (χ4v) is 4.34. The Bertz CT molecular complexity index is 1250. The van der Waals surface area contributed by atoms with Gasteiger partial charge in [-0.2, -0.15) is 11.3 Å². The van der Waals surface area contributed by atoms with Crippen LogP contribution in [0.3, 0.4) is 0 Å². The number of thiazole rings is 1. The summed E-state index contributed by atoms with van der Waals surface area (Å²) in [5.41, 5.74) is 2.66. The van der Waals surface area contributed by atoms with Gasteiger partial charge in [0.1, 0.15) is 0 Å². The molecule has 0 saturated heterocycles. The summed E-state index contributed by atoms with van der Waals surface area (Å²) in [5.74, 6) is -0.812. The Kier molecular flexibility index (Phi) is 5.55. The summed E-state index contributed by atoms with van der Waals surface area (Å²) in [5, 5.41) is 12.3. The van der Waals surface area contributed by atoms with E-state index in [9.17, 15) is 14.4 Å². The van der Waals surface area contributed by atoms with E-state index in [0.29, 0.717) is 33.1 Å². The number of thiophene rings is 1. The molecule has 30 heavy (non-hydrogen) atoms. The third-order valence-electron chi connectivity index (χ3n) is 4.13. The zero-order valence-electron chi connectivity index (χ0n) is 15.8. The molecule has 0 aliphatic rings. The van der Waals surface area contributed by atoms with Crippen molar-refractivity contribution in [2.75, 3.05) is 16.0 Å². The molecule has 0 saturated carbocycles. The molecule has 0 aliphatic heterocycles. The van der Waals surface area contributed by atoms with Crippen LogP contribution in [0.4, 0.5) is 16.5 Å². The number of nitrogens with one attached hydrogen (secondary N) is 3. The minimum absolute atomic E-state index is 0.159. The van der Waals surface area contributed by atoms with Gasteiger partial charge in [0.2, 0.25) is 5.91 Å². The van der Waals surface area contributed by atoms with Gasteiger partial charge in [0.05, 0.1) is 27.0 Å². The molecule has 0 atom stereocenters. The number of carbonyl (C=O) groups excluding carboxylic acids is 3. The second-order valence-corrected chi connectivity index (χ2v) is 8.16. The Morgan fingerprint density at radius 1 is 0.933 bits per heavy atom. The minimum Gasteiger partial charge on any atom is -0.326 e. The highest BCUT2D eigenvalue weighted by atomic mass is 32.1. The molecular weight excluding hydrogens is 420 g/mol. The second kappa shape index (κ2) is 8.44. The maximum atomic E-state index is 12.8. The summed E-state index contributed by atoms with van der Waals surface area (Å²) >= 11 is 2.73. The molecular formula is C21H16N4O3S2. The average Bonchev–Trinajstić information content (AvgIpc) is 3.37. The van der Waals surface area contributed by atoms with E-state index >= 15 is 0 Å². The lowest BCUT2D eigenvalue weighted by molar-refractivity contribution is -0.114. The third kappa shape index (κ3) is 4.37. The van der Waals surface area contributed by atoms with Gasteiger partial charge >= 0.3 is 0 Å². The molecule has 0 fully saturated rings. The SMILES string of the molecule is CC(=O)Nc1ccc2nc(NC(=O)c3ccccc3NC(=O)c3ccsc3)sc2c1. The molecule has 0 spiro atoms. The fraction of sp³-hybridized carbons (Fsp3) is 0.0476. The maximum Gasteiger partial charge on any atom is 0.259 e. The van der Waals surface area contributed by atoms with Crippen molar-refractivity contribution in [2.45, 2.75) is 6.92 Å². The van der Waals surface area contributed by atoms with Crippen LogP contribution >= 0.6 is 22.7 Å². The van der Waals surface area contributed by atoms with E-state index in [0.717, 1.165) is 4.70 Å². The van der Waals surface area contributed by atoms with Crippen LogP contribution in [0.15, 0.2) is 59.3 Å². The third-order valence-corrected chi connectivity index (χ3v) is 5.75. The predicted octanol–water partition coefficient (Wildman–Crippen LogP) is 4.82. The van der Waals surface area contributed by atoms with Crippen molar-refractivity contribution in [3.05, 3.63) is 70.4 Å². The Balaban J connectivity index is 1.54. The number of amides is 3. The highest BCUT2D eigenvalue weighted by Gasteiger charge is 2.16. The van der Waals surface area contributed by atoms with Crippen LogP contribution in [0, 0.1) is 0 Å². The van der Waals surface area contributed by atoms with Crippen molar-refractivity contribution in [3.63, 3.8) is 0 Å². The number of rotatable bonds is 5. The number of anilines is 3. The van der Waals surface area contributed by atoms with Gasteiger partial charge in [-0.15, -0.1) is 0 Å². The Morgan fingerprint density at radius 3 is 2.53 bits per heavy atom. The molecule has 0 aliphatic carbocycles. The molecule has 150 valence electrons. The van der Waals surface area contributed by atoms with E-state index in [-0.39, 0.29) is 17.7 Å². The fourth-order valence-electron chi connectivity index (χ4n) is 2.80. The summed E-state index contributed by atoms with van der Waals surface area (Å²) in [6.45, 7) is 1.44. The standard InChI is InChI=1S/C21H16N4O3S2/c1-12(26)22-14-6-7-17-18(10-14)30-21(24-17)25-20(28)15-4-2-3-5-16(15)23-19(27)13-8-9-29-11-13/h2-11H,1H3,(H,22,26)(H,23,27)(H,24,25,28). The monoisotopic (exact) mass is 436 g/mol. The van der Waals surface area contributed by atoms with Gasteiger partial charge in [-0.1, -0.05) is 23.5 Å². The van der Waals surface area contributed by atoms with Crippen molar-refractivity contribution in [3.8, 4) is 0 Å². The van der Waals surface area contributed by atoms with Crippen LogP contribution in [0.1, 0.15) is 27.6 Å². The van der Waals surface area contributed by atoms with Crippen LogP contribution < -0.4 is 16.0 Å². The lowest BCUT2D eigenvalue weighted by Crippen LogP contribution is -2.17. The molecule has 0 unspecified atom stereocenters. The zero-order chi connectivity index (χ0) is 21.1. The molecule has 7 nitrogen and oxygen atoms in total. The first kappa shape index (κ1) is 19.7. The lowest BCUT2D eigenvalue weighted by Gasteiger charge is -2.10. The van der Waals surface area contributed by atoms with Crippen LogP contribution in [0.25, 0.3) is 10.2 Å². The Labute approximate surface area is 179 Å². The molecule has 9 heteroatoms. The summed E-state index contributed by atoms with van der Waals surface area (Å²) < 4.78 is 0.829. The Morgan fingerprint density at radius 2 is 1.77 bits per heavy atom. The normalized spacial score (nSPS) is 10.6. The Hall–Kier alpha value is -3.56. The number of benzene rings is 2. The number of aromatic nitrogens is 1. The largest absolute Gasteiger partial charge is 0.326 e.